The smallest absolute Gasteiger partial charge is 0.329 e. The van der Waals surface area contributed by atoms with Crippen molar-refractivity contribution in [3.63, 3.8) is 0 Å². The van der Waals surface area contributed by atoms with Crippen molar-refractivity contribution in [1.29, 1.82) is 0 Å². The summed E-state index contributed by atoms with van der Waals surface area (Å²) in [6, 6.07) is 12.6. The standard InChI is InChI=1S/C21H17F4N3O2/c1-20(2)11-16(12-6-4-3-5-7-12)28(19(20)29)15-9-8-13(10-14(15)22)17-26-18(30-27-17)21(23,24)25/h3-10,16H,11H2,1-2H3. The molecule has 1 saturated heterocycles. The van der Waals surface area contributed by atoms with Crippen molar-refractivity contribution in [2.45, 2.75) is 32.5 Å². The van der Waals surface area contributed by atoms with Gasteiger partial charge in [-0.3, -0.25) is 4.79 Å². The Morgan fingerprint density at radius 3 is 2.43 bits per heavy atom. The van der Waals surface area contributed by atoms with Crippen LogP contribution < -0.4 is 4.90 Å². The predicted molar refractivity (Wildman–Crippen MR) is 99.8 cm³/mol. The molecule has 1 aliphatic rings. The molecule has 0 spiro atoms. The zero-order chi connectivity index (χ0) is 21.7. The van der Waals surface area contributed by atoms with Gasteiger partial charge in [0.05, 0.1) is 11.7 Å². The summed E-state index contributed by atoms with van der Waals surface area (Å²) < 4.78 is 57.3. The summed E-state index contributed by atoms with van der Waals surface area (Å²) in [5, 5.41) is 3.27. The molecular formula is C21H17F4N3O2. The van der Waals surface area contributed by atoms with E-state index in [1.807, 2.05) is 30.3 Å². The molecule has 1 aliphatic heterocycles. The van der Waals surface area contributed by atoms with Gasteiger partial charge >= 0.3 is 12.1 Å². The lowest BCUT2D eigenvalue weighted by Gasteiger charge is -2.26. The molecule has 1 aromatic heterocycles. The minimum absolute atomic E-state index is 0.0117. The second-order valence-electron chi connectivity index (χ2n) is 7.78. The summed E-state index contributed by atoms with van der Waals surface area (Å²) >= 11 is 0. The molecule has 5 nitrogen and oxygen atoms in total. The molecule has 1 atom stereocenters. The monoisotopic (exact) mass is 419 g/mol. The van der Waals surface area contributed by atoms with Gasteiger partial charge in [-0.2, -0.15) is 18.2 Å². The molecular weight excluding hydrogens is 402 g/mol. The second-order valence-corrected chi connectivity index (χ2v) is 7.78. The SMILES string of the molecule is CC1(C)CC(c2ccccc2)N(c2ccc(-c3noc(C(F)(F)F)n3)cc2F)C1=O. The van der Waals surface area contributed by atoms with E-state index in [0.29, 0.717) is 6.42 Å². The van der Waals surface area contributed by atoms with Crippen LogP contribution in [0.3, 0.4) is 0 Å². The molecule has 0 radical (unpaired) electrons. The Morgan fingerprint density at radius 1 is 1.13 bits per heavy atom. The Bertz CT molecular complexity index is 1090. The fourth-order valence-electron chi connectivity index (χ4n) is 3.65. The molecule has 3 aromatic rings. The van der Waals surface area contributed by atoms with Gasteiger partial charge in [0, 0.05) is 11.0 Å². The summed E-state index contributed by atoms with van der Waals surface area (Å²) in [5.74, 6) is -2.90. The number of anilines is 1. The zero-order valence-electron chi connectivity index (χ0n) is 16.1. The van der Waals surface area contributed by atoms with E-state index in [9.17, 15) is 18.0 Å². The van der Waals surface area contributed by atoms with Crippen molar-refractivity contribution < 1.29 is 26.9 Å². The second kappa shape index (κ2) is 6.93. The maximum atomic E-state index is 15.0. The molecule has 0 N–H and O–H groups in total. The molecule has 30 heavy (non-hydrogen) atoms. The van der Waals surface area contributed by atoms with Crippen LogP contribution in [0.25, 0.3) is 11.4 Å². The summed E-state index contributed by atoms with van der Waals surface area (Å²) in [4.78, 5) is 17.7. The van der Waals surface area contributed by atoms with Crippen molar-refractivity contribution in [2.75, 3.05) is 4.90 Å². The average molecular weight is 419 g/mol. The molecule has 0 aliphatic carbocycles. The maximum Gasteiger partial charge on any atom is 0.471 e. The third kappa shape index (κ3) is 3.44. The number of carbonyl (C=O) groups excluding carboxylic acids is 1. The lowest BCUT2D eigenvalue weighted by atomic mass is 9.88. The van der Waals surface area contributed by atoms with Crippen molar-refractivity contribution in [1.82, 2.24) is 10.1 Å². The largest absolute Gasteiger partial charge is 0.471 e. The Morgan fingerprint density at radius 2 is 1.83 bits per heavy atom. The van der Waals surface area contributed by atoms with Gasteiger partial charge in [0.15, 0.2) is 0 Å². The van der Waals surface area contributed by atoms with Crippen LogP contribution in [0.2, 0.25) is 0 Å². The number of rotatable bonds is 3. The number of amides is 1. The van der Waals surface area contributed by atoms with Gasteiger partial charge in [-0.05, 0) is 30.2 Å². The first kappa shape index (κ1) is 20.1. The minimum atomic E-state index is -4.79. The third-order valence-electron chi connectivity index (χ3n) is 5.13. The lowest BCUT2D eigenvalue weighted by Crippen LogP contribution is -2.32. The average Bonchev–Trinajstić information content (AvgIpc) is 3.27. The number of aromatic nitrogens is 2. The quantitative estimate of drug-likeness (QED) is 0.534. The number of alkyl halides is 3. The Hall–Kier alpha value is -3.23. The number of nitrogens with zero attached hydrogens (tertiary/aromatic N) is 3. The number of benzene rings is 2. The zero-order valence-corrected chi connectivity index (χ0v) is 16.1. The van der Waals surface area contributed by atoms with Gasteiger partial charge in [-0.1, -0.05) is 49.3 Å². The fourth-order valence-corrected chi connectivity index (χ4v) is 3.65. The van der Waals surface area contributed by atoms with Crippen molar-refractivity contribution >= 4 is 11.6 Å². The lowest BCUT2D eigenvalue weighted by molar-refractivity contribution is -0.159. The number of carbonyl (C=O) groups is 1. The van der Waals surface area contributed by atoms with Crippen LogP contribution in [0, 0.1) is 11.2 Å². The van der Waals surface area contributed by atoms with Crippen LogP contribution in [0.15, 0.2) is 53.1 Å². The van der Waals surface area contributed by atoms with Gasteiger partial charge in [-0.25, -0.2) is 4.39 Å². The first-order valence-corrected chi connectivity index (χ1v) is 9.17. The van der Waals surface area contributed by atoms with Gasteiger partial charge in [-0.15, -0.1) is 0 Å². The minimum Gasteiger partial charge on any atom is -0.329 e. The molecule has 0 saturated carbocycles. The van der Waals surface area contributed by atoms with Crippen LogP contribution in [0.4, 0.5) is 23.2 Å². The van der Waals surface area contributed by atoms with E-state index in [0.717, 1.165) is 11.6 Å². The van der Waals surface area contributed by atoms with E-state index < -0.39 is 23.3 Å². The van der Waals surface area contributed by atoms with Gasteiger partial charge < -0.3 is 9.42 Å². The van der Waals surface area contributed by atoms with Crippen LogP contribution >= 0.6 is 0 Å². The highest BCUT2D eigenvalue weighted by atomic mass is 19.4. The summed E-state index contributed by atoms with van der Waals surface area (Å²) in [6.07, 6.45) is -4.29. The summed E-state index contributed by atoms with van der Waals surface area (Å²) in [7, 11) is 0. The predicted octanol–water partition coefficient (Wildman–Crippen LogP) is 5.40. The molecule has 1 fully saturated rings. The normalized spacial score (nSPS) is 18.8. The fraction of sp³-hybridized carbons (Fsp3) is 0.286. The van der Waals surface area contributed by atoms with Crippen LogP contribution in [0.5, 0.6) is 0 Å². The first-order valence-electron chi connectivity index (χ1n) is 9.17. The molecule has 0 bridgehead atoms. The summed E-state index contributed by atoms with van der Waals surface area (Å²) in [6.45, 7) is 3.60. The molecule has 4 rings (SSSR count). The van der Waals surface area contributed by atoms with Crippen LogP contribution in [-0.4, -0.2) is 16.0 Å². The number of hydrogen-bond donors (Lipinski definition) is 0. The summed E-state index contributed by atoms with van der Waals surface area (Å²) in [5.41, 5.74) is 0.231. The van der Waals surface area contributed by atoms with Gasteiger partial charge in [0.1, 0.15) is 5.82 Å². The van der Waals surface area contributed by atoms with E-state index in [-0.39, 0.29) is 29.0 Å². The maximum absolute atomic E-state index is 15.0. The number of hydrogen-bond acceptors (Lipinski definition) is 4. The van der Waals surface area contributed by atoms with E-state index in [1.165, 1.54) is 17.0 Å². The molecule has 9 heteroatoms. The van der Waals surface area contributed by atoms with Crippen molar-refractivity contribution in [3.05, 3.63) is 65.8 Å². The van der Waals surface area contributed by atoms with E-state index in [1.54, 1.807) is 13.8 Å². The molecule has 156 valence electrons. The first-order chi connectivity index (χ1) is 14.1. The molecule has 2 aromatic carbocycles. The van der Waals surface area contributed by atoms with Crippen LogP contribution in [0.1, 0.15) is 37.8 Å². The Labute approximate surface area is 169 Å². The highest BCUT2D eigenvalue weighted by Gasteiger charge is 2.47. The third-order valence-corrected chi connectivity index (χ3v) is 5.13. The van der Waals surface area contributed by atoms with E-state index >= 15 is 4.39 Å². The molecule has 1 unspecified atom stereocenters. The highest BCUT2D eigenvalue weighted by Crippen LogP contribution is 2.47. The van der Waals surface area contributed by atoms with E-state index in [2.05, 4.69) is 14.7 Å². The van der Waals surface area contributed by atoms with Crippen molar-refractivity contribution in [3.8, 4) is 11.4 Å². The number of halogens is 4. The van der Waals surface area contributed by atoms with Gasteiger partial charge in [0.25, 0.3) is 0 Å². The Balaban J connectivity index is 1.72. The topological polar surface area (TPSA) is 59.2 Å². The van der Waals surface area contributed by atoms with E-state index in [4.69, 9.17) is 0 Å². The van der Waals surface area contributed by atoms with Gasteiger partial charge in [0.2, 0.25) is 11.7 Å². The Kier molecular flexibility index (Phi) is 4.63. The molecule has 1 amide bonds. The highest BCUT2D eigenvalue weighted by molar-refractivity contribution is 6.00. The van der Waals surface area contributed by atoms with Crippen molar-refractivity contribution in [2.24, 2.45) is 5.41 Å². The van der Waals surface area contributed by atoms with Crippen LogP contribution in [-0.2, 0) is 11.0 Å². The molecule has 2 heterocycles.